The van der Waals surface area contributed by atoms with E-state index in [0.29, 0.717) is 18.5 Å². The smallest absolute Gasteiger partial charge is 0.121 e. The predicted molar refractivity (Wildman–Crippen MR) is 54.7 cm³/mol. The molecule has 0 saturated heterocycles. The van der Waals surface area contributed by atoms with E-state index in [-0.39, 0.29) is 5.75 Å². The van der Waals surface area contributed by atoms with Gasteiger partial charge in [-0.3, -0.25) is 0 Å². The van der Waals surface area contributed by atoms with E-state index >= 15 is 0 Å². The first-order valence-corrected chi connectivity index (χ1v) is 4.58. The molecule has 0 aromatic heterocycles. The van der Waals surface area contributed by atoms with Gasteiger partial charge in [-0.1, -0.05) is 18.2 Å². The molecule has 0 aliphatic heterocycles. The van der Waals surface area contributed by atoms with Crippen molar-refractivity contribution in [2.45, 2.75) is 18.6 Å². The first-order valence-electron chi connectivity index (χ1n) is 4.58. The molecule has 4 heteroatoms. The molecule has 0 fully saturated rings. The Kier molecular flexibility index (Phi) is 3.88. The van der Waals surface area contributed by atoms with Crippen molar-refractivity contribution in [3.63, 3.8) is 0 Å². The van der Waals surface area contributed by atoms with Crippen LogP contribution in [0.15, 0.2) is 24.3 Å². The number of aromatic hydroxyl groups is 1. The second-order valence-electron chi connectivity index (χ2n) is 3.24. The zero-order valence-electron chi connectivity index (χ0n) is 7.93. The third-order valence-electron chi connectivity index (χ3n) is 2.16. The van der Waals surface area contributed by atoms with E-state index in [0.717, 1.165) is 0 Å². The van der Waals surface area contributed by atoms with Crippen molar-refractivity contribution in [1.29, 1.82) is 0 Å². The highest BCUT2D eigenvalue weighted by Gasteiger charge is 2.18. The third kappa shape index (κ3) is 2.45. The number of hydrogen-bond donors (Lipinski definition) is 4. The molecule has 0 heterocycles. The van der Waals surface area contributed by atoms with Crippen LogP contribution in [0.5, 0.6) is 5.75 Å². The summed E-state index contributed by atoms with van der Waals surface area (Å²) in [5.41, 5.74) is 11.5. The van der Waals surface area contributed by atoms with E-state index in [1.54, 1.807) is 18.2 Å². The van der Waals surface area contributed by atoms with Gasteiger partial charge in [0.1, 0.15) is 5.75 Å². The maximum absolute atomic E-state index is 9.76. The molecule has 0 aliphatic carbocycles. The summed E-state index contributed by atoms with van der Waals surface area (Å²) < 4.78 is 0. The van der Waals surface area contributed by atoms with Crippen molar-refractivity contribution >= 4 is 0 Å². The minimum atomic E-state index is -0.861. The molecule has 0 saturated carbocycles. The summed E-state index contributed by atoms with van der Waals surface area (Å²) in [6.45, 7) is 0.422. The van der Waals surface area contributed by atoms with E-state index in [1.807, 2.05) is 0 Å². The van der Waals surface area contributed by atoms with Crippen molar-refractivity contribution in [2.75, 3.05) is 6.54 Å². The van der Waals surface area contributed by atoms with Crippen molar-refractivity contribution in [2.24, 2.45) is 11.5 Å². The molecule has 4 nitrogen and oxygen atoms in total. The quantitative estimate of drug-likeness (QED) is 0.549. The topological polar surface area (TPSA) is 92.5 Å². The van der Waals surface area contributed by atoms with Crippen LogP contribution in [0.2, 0.25) is 0 Å². The Balaban J connectivity index is 2.78. The average Bonchev–Trinajstić information content (AvgIpc) is 2.18. The van der Waals surface area contributed by atoms with Crippen LogP contribution in [-0.4, -0.2) is 22.8 Å². The minimum absolute atomic E-state index is 0.0625. The molecule has 78 valence electrons. The number of nitrogens with two attached hydrogens (primary N) is 2. The zero-order chi connectivity index (χ0) is 10.6. The monoisotopic (exact) mass is 196 g/mol. The Bertz CT molecular complexity index is 291. The molecule has 1 aromatic carbocycles. The highest BCUT2D eigenvalue weighted by molar-refractivity contribution is 5.34. The summed E-state index contributed by atoms with van der Waals surface area (Å²) in [6, 6.07) is 6.17. The van der Waals surface area contributed by atoms with Gasteiger partial charge in [0.2, 0.25) is 0 Å². The average molecular weight is 196 g/mol. The second-order valence-corrected chi connectivity index (χ2v) is 3.24. The maximum Gasteiger partial charge on any atom is 0.121 e. The van der Waals surface area contributed by atoms with Crippen LogP contribution < -0.4 is 11.5 Å². The Labute approximate surface area is 83.2 Å². The van der Waals surface area contributed by atoms with E-state index in [1.165, 1.54) is 6.07 Å². The van der Waals surface area contributed by atoms with E-state index in [4.69, 9.17) is 11.5 Å². The summed E-state index contributed by atoms with van der Waals surface area (Å²) in [4.78, 5) is 0. The molecular weight excluding hydrogens is 180 g/mol. The summed E-state index contributed by atoms with van der Waals surface area (Å²) in [6.07, 6.45) is -0.338. The Morgan fingerprint density at radius 3 is 2.50 bits per heavy atom. The number of benzene rings is 1. The van der Waals surface area contributed by atoms with Crippen molar-refractivity contribution < 1.29 is 10.2 Å². The van der Waals surface area contributed by atoms with Crippen LogP contribution in [0.25, 0.3) is 0 Å². The second kappa shape index (κ2) is 4.95. The number of para-hydroxylation sites is 1. The lowest BCUT2D eigenvalue weighted by Crippen LogP contribution is -2.30. The Morgan fingerprint density at radius 1 is 1.29 bits per heavy atom. The molecule has 14 heavy (non-hydrogen) atoms. The predicted octanol–water partition coefficient (Wildman–Crippen LogP) is 0.102. The fourth-order valence-corrected chi connectivity index (χ4v) is 1.32. The largest absolute Gasteiger partial charge is 0.508 e. The SMILES string of the molecule is NCCC(N)C(O)c1ccccc1O. The van der Waals surface area contributed by atoms with Crippen molar-refractivity contribution in [3.8, 4) is 5.75 Å². The summed E-state index contributed by atoms with van der Waals surface area (Å²) in [5, 5.41) is 19.2. The summed E-state index contributed by atoms with van der Waals surface area (Å²) in [5.74, 6) is 0.0625. The van der Waals surface area contributed by atoms with Gasteiger partial charge < -0.3 is 21.7 Å². The van der Waals surface area contributed by atoms with Crippen LogP contribution in [-0.2, 0) is 0 Å². The molecule has 2 atom stereocenters. The summed E-state index contributed by atoms with van der Waals surface area (Å²) >= 11 is 0. The van der Waals surface area contributed by atoms with E-state index in [9.17, 15) is 10.2 Å². The third-order valence-corrected chi connectivity index (χ3v) is 2.16. The zero-order valence-corrected chi connectivity index (χ0v) is 7.93. The normalized spacial score (nSPS) is 15.1. The molecule has 0 spiro atoms. The summed E-state index contributed by atoms with van der Waals surface area (Å²) in [7, 11) is 0. The first kappa shape index (κ1) is 11.0. The van der Waals surface area contributed by atoms with Gasteiger partial charge in [-0.05, 0) is 19.0 Å². The van der Waals surface area contributed by atoms with Crippen LogP contribution in [0.1, 0.15) is 18.1 Å². The number of rotatable bonds is 4. The van der Waals surface area contributed by atoms with Crippen LogP contribution in [0.4, 0.5) is 0 Å². The molecule has 6 N–H and O–H groups in total. The molecule has 0 radical (unpaired) electrons. The van der Waals surface area contributed by atoms with Crippen molar-refractivity contribution in [3.05, 3.63) is 29.8 Å². The molecule has 1 rings (SSSR count). The van der Waals surface area contributed by atoms with Crippen molar-refractivity contribution in [1.82, 2.24) is 0 Å². The Morgan fingerprint density at radius 2 is 1.93 bits per heavy atom. The van der Waals surface area contributed by atoms with Gasteiger partial charge in [-0.15, -0.1) is 0 Å². The number of hydrogen-bond acceptors (Lipinski definition) is 4. The van der Waals surface area contributed by atoms with Crippen LogP contribution in [0.3, 0.4) is 0 Å². The van der Waals surface area contributed by atoms with Gasteiger partial charge in [0.05, 0.1) is 6.10 Å². The van der Waals surface area contributed by atoms with Gasteiger partial charge in [0.25, 0.3) is 0 Å². The van der Waals surface area contributed by atoms with E-state index < -0.39 is 12.1 Å². The molecule has 0 amide bonds. The lowest BCUT2D eigenvalue weighted by molar-refractivity contribution is 0.140. The fraction of sp³-hybridized carbons (Fsp3) is 0.400. The van der Waals surface area contributed by atoms with Crippen LogP contribution in [0, 0.1) is 0 Å². The highest BCUT2D eigenvalue weighted by atomic mass is 16.3. The van der Waals surface area contributed by atoms with Crippen LogP contribution >= 0.6 is 0 Å². The molecule has 2 unspecified atom stereocenters. The first-order chi connectivity index (χ1) is 6.66. The molecule has 1 aromatic rings. The number of phenolic OH excluding ortho intramolecular Hbond substituents is 1. The van der Waals surface area contributed by atoms with Gasteiger partial charge in [0, 0.05) is 11.6 Å². The Hall–Kier alpha value is -1.10. The number of aliphatic hydroxyl groups excluding tert-OH is 1. The molecular formula is C10H16N2O2. The lowest BCUT2D eigenvalue weighted by atomic mass is 10.00. The molecule has 0 aliphatic rings. The number of aliphatic hydroxyl groups is 1. The fourth-order valence-electron chi connectivity index (χ4n) is 1.32. The van der Waals surface area contributed by atoms with Gasteiger partial charge in [0.15, 0.2) is 0 Å². The van der Waals surface area contributed by atoms with Gasteiger partial charge >= 0.3 is 0 Å². The minimum Gasteiger partial charge on any atom is -0.508 e. The van der Waals surface area contributed by atoms with Gasteiger partial charge in [-0.25, -0.2) is 0 Å². The van der Waals surface area contributed by atoms with E-state index in [2.05, 4.69) is 0 Å². The maximum atomic E-state index is 9.76. The standard InChI is InChI=1S/C10H16N2O2/c11-6-5-8(12)10(14)7-3-1-2-4-9(7)13/h1-4,8,10,13-14H,5-6,11-12H2. The number of phenols is 1. The van der Waals surface area contributed by atoms with Gasteiger partial charge in [-0.2, -0.15) is 0 Å². The lowest BCUT2D eigenvalue weighted by Gasteiger charge is -2.19. The molecule has 0 bridgehead atoms. The highest BCUT2D eigenvalue weighted by Crippen LogP contribution is 2.25.